The van der Waals surface area contributed by atoms with Gasteiger partial charge in [0.15, 0.2) is 11.5 Å². The van der Waals surface area contributed by atoms with Crippen LogP contribution in [0.5, 0.6) is 0 Å². The molecule has 1 aliphatic heterocycles. The van der Waals surface area contributed by atoms with Crippen LogP contribution in [0.15, 0.2) is 35.6 Å². The Labute approximate surface area is 156 Å². The molecule has 1 aromatic carbocycles. The molecule has 1 unspecified atom stereocenters. The zero-order chi connectivity index (χ0) is 19.6. The van der Waals surface area contributed by atoms with Gasteiger partial charge in [0, 0.05) is 31.7 Å². The predicted octanol–water partition coefficient (Wildman–Crippen LogP) is 3.86. The number of ketones is 1. The van der Waals surface area contributed by atoms with E-state index in [9.17, 15) is 14.7 Å². The second kappa shape index (κ2) is 7.52. The van der Waals surface area contributed by atoms with Crippen molar-refractivity contribution in [3.63, 3.8) is 0 Å². The van der Waals surface area contributed by atoms with Gasteiger partial charge in [0.25, 0.3) is 5.91 Å². The minimum absolute atomic E-state index is 0.191. The summed E-state index contributed by atoms with van der Waals surface area (Å²) in [4.78, 5) is 29.3. The minimum atomic E-state index is -0.674. The predicted molar refractivity (Wildman–Crippen MR) is 104 cm³/mol. The molecule has 0 bridgehead atoms. The topological polar surface area (TPSA) is 60.9 Å². The molecule has 1 aliphatic rings. The molecule has 0 saturated carbocycles. The second-order valence-electron chi connectivity index (χ2n) is 8.08. The highest BCUT2D eigenvalue weighted by Crippen LogP contribution is 2.41. The van der Waals surface area contributed by atoms with Crippen LogP contribution in [0.3, 0.4) is 0 Å². The molecule has 1 N–H and O–H groups in total. The summed E-state index contributed by atoms with van der Waals surface area (Å²) in [5.74, 6) is -1.04. The fourth-order valence-corrected chi connectivity index (χ4v) is 3.15. The van der Waals surface area contributed by atoms with Crippen molar-refractivity contribution in [2.75, 3.05) is 25.5 Å². The third-order valence-electron chi connectivity index (χ3n) is 4.71. The van der Waals surface area contributed by atoms with Gasteiger partial charge in [-0.1, -0.05) is 46.2 Å². The van der Waals surface area contributed by atoms with Gasteiger partial charge in [-0.3, -0.25) is 9.59 Å². The van der Waals surface area contributed by atoms with Gasteiger partial charge in [-0.05, 0) is 24.1 Å². The second-order valence-corrected chi connectivity index (χ2v) is 8.08. The number of rotatable bonds is 6. The number of anilines is 1. The average molecular weight is 358 g/mol. The highest BCUT2D eigenvalue weighted by Gasteiger charge is 2.45. The molecule has 5 nitrogen and oxygen atoms in total. The molecule has 1 aromatic rings. The van der Waals surface area contributed by atoms with Crippen LogP contribution in [-0.2, 0) is 9.59 Å². The lowest BCUT2D eigenvalue weighted by Gasteiger charge is -2.29. The molecule has 0 aliphatic carbocycles. The Kier molecular flexibility index (Phi) is 5.79. The maximum atomic E-state index is 13.0. The van der Waals surface area contributed by atoms with Gasteiger partial charge in [0.2, 0.25) is 0 Å². The molecular weight excluding hydrogens is 328 g/mol. The standard InChI is InChI=1S/C21H30N2O3/c1-7-8-13-23-17(14-9-11-15(12-10-14)22(5)6)16(18(24)20(23)26)19(25)21(2,3)4/h9-12,17,24H,7-8,13H2,1-6H3. The molecule has 0 spiro atoms. The van der Waals surface area contributed by atoms with Gasteiger partial charge in [-0.2, -0.15) is 0 Å². The number of carbonyl (C=O) groups is 2. The van der Waals surface area contributed by atoms with Crippen LogP contribution in [0.4, 0.5) is 5.69 Å². The monoisotopic (exact) mass is 358 g/mol. The highest BCUT2D eigenvalue weighted by molar-refractivity contribution is 6.10. The molecule has 1 atom stereocenters. The Morgan fingerprint density at radius 3 is 2.23 bits per heavy atom. The lowest BCUT2D eigenvalue weighted by Crippen LogP contribution is -2.33. The van der Waals surface area contributed by atoms with Crippen LogP contribution in [-0.4, -0.2) is 42.3 Å². The van der Waals surface area contributed by atoms with Crippen LogP contribution < -0.4 is 4.90 Å². The van der Waals surface area contributed by atoms with Crippen LogP contribution >= 0.6 is 0 Å². The van der Waals surface area contributed by atoms with Crippen LogP contribution in [0.25, 0.3) is 0 Å². The van der Waals surface area contributed by atoms with Crippen LogP contribution in [0.2, 0.25) is 0 Å². The van der Waals surface area contributed by atoms with Crippen molar-refractivity contribution in [3.8, 4) is 0 Å². The fourth-order valence-electron chi connectivity index (χ4n) is 3.15. The van der Waals surface area contributed by atoms with E-state index in [4.69, 9.17) is 0 Å². The number of benzene rings is 1. The summed E-state index contributed by atoms with van der Waals surface area (Å²) in [5.41, 5.74) is 1.43. The van der Waals surface area contributed by atoms with E-state index < -0.39 is 23.1 Å². The fraction of sp³-hybridized carbons (Fsp3) is 0.524. The molecule has 2 rings (SSSR count). The molecule has 1 heterocycles. The highest BCUT2D eigenvalue weighted by atomic mass is 16.3. The van der Waals surface area contributed by atoms with Crippen molar-refractivity contribution in [3.05, 3.63) is 41.2 Å². The largest absolute Gasteiger partial charge is 0.503 e. The molecule has 1 amide bonds. The van der Waals surface area contributed by atoms with E-state index in [1.807, 2.05) is 43.3 Å². The van der Waals surface area contributed by atoms with Crippen LogP contribution in [0.1, 0.15) is 52.1 Å². The molecule has 0 saturated heterocycles. The first-order valence-corrected chi connectivity index (χ1v) is 9.15. The summed E-state index contributed by atoms with van der Waals surface area (Å²) in [6.45, 7) is 7.99. The Morgan fingerprint density at radius 1 is 1.19 bits per heavy atom. The SMILES string of the molecule is CCCCN1C(=O)C(O)=C(C(=O)C(C)(C)C)C1c1ccc(N(C)C)cc1. The van der Waals surface area contributed by atoms with Gasteiger partial charge < -0.3 is 14.9 Å². The number of unbranched alkanes of at least 4 members (excludes halogenated alkanes) is 1. The summed E-state index contributed by atoms with van der Waals surface area (Å²) >= 11 is 0. The number of nitrogens with zero attached hydrogens (tertiary/aromatic N) is 2. The van der Waals surface area contributed by atoms with Crippen molar-refractivity contribution >= 4 is 17.4 Å². The molecule has 5 heteroatoms. The zero-order valence-corrected chi connectivity index (χ0v) is 16.7. The Bertz CT molecular complexity index is 712. The number of carbonyl (C=O) groups excluding carboxylic acids is 2. The lowest BCUT2D eigenvalue weighted by atomic mass is 9.82. The van der Waals surface area contributed by atoms with Crippen molar-refractivity contribution in [1.82, 2.24) is 4.90 Å². The average Bonchev–Trinajstić information content (AvgIpc) is 2.82. The van der Waals surface area contributed by atoms with Crippen molar-refractivity contribution < 1.29 is 14.7 Å². The van der Waals surface area contributed by atoms with Crippen molar-refractivity contribution in [1.29, 1.82) is 0 Å². The molecule has 26 heavy (non-hydrogen) atoms. The number of hydrogen-bond acceptors (Lipinski definition) is 4. The van der Waals surface area contributed by atoms with E-state index in [2.05, 4.69) is 6.92 Å². The van der Waals surface area contributed by atoms with E-state index in [1.165, 1.54) is 0 Å². The quantitative estimate of drug-likeness (QED) is 0.839. The Morgan fingerprint density at radius 2 is 1.77 bits per heavy atom. The maximum Gasteiger partial charge on any atom is 0.290 e. The number of amides is 1. The summed E-state index contributed by atoms with van der Waals surface area (Å²) in [6.07, 6.45) is 1.75. The van der Waals surface area contributed by atoms with E-state index in [0.717, 1.165) is 24.1 Å². The van der Waals surface area contributed by atoms with E-state index in [0.29, 0.717) is 6.54 Å². The number of aliphatic hydroxyl groups excluding tert-OH is 1. The number of aliphatic hydroxyl groups is 1. The van der Waals surface area contributed by atoms with E-state index in [-0.39, 0.29) is 11.4 Å². The first-order chi connectivity index (χ1) is 12.1. The van der Waals surface area contributed by atoms with Gasteiger partial charge >= 0.3 is 0 Å². The number of hydrogen-bond donors (Lipinski definition) is 1. The molecule has 0 radical (unpaired) electrons. The summed E-state index contributed by atoms with van der Waals surface area (Å²) in [5, 5.41) is 10.5. The van der Waals surface area contributed by atoms with Crippen molar-refractivity contribution in [2.24, 2.45) is 5.41 Å². The third kappa shape index (κ3) is 3.76. The summed E-state index contributed by atoms with van der Waals surface area (Å²) in [6, 6.07) is 7.26. The van der Waals surface area contributed by atoms with Gasteiger partial charge in [-0.15, -0.1) is 0 Å². The van der Waals surface area contributed by atoms with Gasteiger partial charge in [-0.25, -0.2) is 0 Å². The molecular formula is C21H30N2O3. The smallest absolute Gasteiger partial charge is 0.290 e. The van der Waals surface area contributed by atoms with Crippen LogP contribution in [0, 0.1) is 5.41 Å². The normalized spacial score (nSPS) is 17.8. The zero-order valence-electron chi connectivity index (χ0n) is 16.7. The van der Waals surface area contributed by atoms with Crippen molar-refractivity contribution in [2.45, 2.75) is 46.6 Å². The minimum Gasteiger partial charge on any atom is -0.503 e. The van der Waals surface area contributed by atoms with E-state index in [1.54, 1.807) is 25.7 Å². The Balaban J connectivity index is 2.52. The first-order valence-electron chi connectivity index (χ1n) is 9.15. The molecule has 142 valence electrons. The first kappa shape index (κ1) is 20.0. The molecule has 0 aromatic heterocycles. The summed E-state index contributed by atoms with van der Waals surface area (Å²) in [7, 11) is 3.92. The van der Waals surface area contributed by atoms with Gasteiger partial charge in [0.05, 0.1) is 11.6 Å². The maximum absolute atomic E-state index is 13.0. The number of Topliss-reactive ketones (excluding diaryl/α,β-unsaturated/α-hetero) is 1. The molecule has 0 fully saturated rings. The lowest BCUT2D eigenvalue weighted by molar-refractivity contribution is -0.129. The van der Waals surface area contributed by atoms with E-state index >= 15 is 0 Å². The van der Waals surface area contributed by atoms with Gasteiger partial charge in [0.1, 0.15) is 0 Å². The summed E-state index contributed by atoms with van der Waals surface area (Å²) < 4.78 is 0. The third-order valence-corrected chi connectivity index (χ3v) is 4.71. The Hall–Kier alpha value is -2.30.